The van der Waals surface area contributed by atoms with Crippen LogP contribution in [0.2, 0.25) is 0 Å². The fraction of sp³-hybridized carbons (Fsp3) is 1.00. The molecular weight excluding hydrogens is 332 g/mol. The Balaban J connectivity index is 1.79. The van der Waals surface area contributed by atoms with Gasteiger partial charge in [0.15, 0.2) is 0 Å². The van der Waals surface area contributed by atoms with Crippen molar-refractivity contribution in [3.8, 4) is 0 Å². The van der Waals surface area contributed by atoms with Crippen LogP contribution in [0.3, 0.4) is 0 Å². The molecular formula is C23H48N4. The molecule has 5 atom stereocenters. The van der Waals surface area contributed by atoms with Gasteiger partial charge in [-0.3, -0.25) is 19.6 Å². The van der Waals surface area contributed by atoms with E-state index >= 15 is 0 Å². The van der Waals surface area contributed by atoms with E-state index in [9.17, 15) is 0 Å². The Morgan fingerprint density at radius 3 is 1.56 bits per heavy atom. The third kappa shape index (κ3) is 5.91. The molecule has 0 aromatic heterocycles. The van der Waals surface area contributed by atoms with Gasteiger partial charge >= 0.3 is 0 Å². The van der Waals surface area contributed by atoms with Crippen LogP contribution in [0.15, 0.2) is 0 Å². The van der Waals surface area contributed by atoms with Gasteiger partial charge in [0.05, 0.1) is 0 Å². The maximum atomic E-state index is 2.75. The van der Waals surface area contributed by atoms with E-state index in [0.29, 0.717) is 42.3 Å². The quantitative estimate of drug-likeness (QED) is 0.666. The van der Waals surface area contributed by atoms with Crippen molar-refractivity contribution >= 4 is 0 Å². The van der Waals surface area contributed by atoms with Crippen molar-refractivity contribution in [2.24, 2.45) is 0 Å². The maximum absolute atomic E-state index is 2.75. The Morgan fingerprint density at radius 2 is 1.11 bits per heavy atom. The largest absolute Gasteiger partial charge is 0.298 e. The number of rotatable bonds is 7. The third-order valence-electron chi connectivity index (χ3n) is 7.23. The molecule has 0 saturated carbocycles. The number of nitrogens with zero attached hydrogens (tertiary/aromatic N) is 4. The van der Waals surface area contributed by atoms with Gasteiger partial charge in [0.2, 0.25) is 0 Å². The molecule has 2 fully saturated rings. The summed E-state index contributed by atoms with van der Waals surface area (Å²) in [6.07, 6.45) is 2.64. The van der Waals surface area contributed by atoms with Gasteiger partial charge in [-0.1, -0.05) is 0 Å². The lowest BCUT2D eigenvalue weighted by atomic mass is 10.00. The smallest absolute Gasteiger partial charge is 0.0201 e. The Hall–Kier alpha value is -0.160. The van der Waals surface area contributed by atoms with Crippen molar-refractivity contribution in [1.29, 1.82) is 0 Å². The predicted molar refractivity (Wildman–Crippen MR) is 119 cm³/mol. The molecule has 0 spiro atoms. The van der Waals surface area contributed by atoms with Crippen molar-refractivity contribution in [2.45, 2.75) is 117 Å². The van der Waals surface area contributed by atoms with Gasteiger partial charge in [-0.2, -0.15) is 0 Å². The predicted octanol–water partition coefficient (Wildman–Crippen LogP) is 3.76. The fourth-order valence-corrected chi connectivity index (χ4v) is 5.77. The first-order chi connectivity index (χ1) is 12.6. The van der Waals surface area contributed by atoms with Gasteiger partial charge in [0, 0.05) is 75.0 Å². The van der Waals surface area contributed by atoms with E-state index in [1.165, 1.54) is 45.6 Å². The summed E-state index contributed by atoms with van der Waals surface area (Å²) in [5.41, 5.74) is 0. The Labute approximate surface area is 170 Å². The summed E-state index contributed by atoms with van der Waals surface area (Å²) in [5.74, 6) is 0. The van der Waals surface area contributed by atoms with Crippen LogP contribution >= 0.6 is 0 Å². The minimum Gasteiger partial charge on any atom is -0.298 e. The monoisotopic (exact) mass is 380 g/mol. The highest BCUT2D eigenvalue weighted by Crippen LogP contribution is 2.23. The zero-order valence-corrected chi connectivity index (χ0v) is 19.8. The lowest BCUT2D eigenvalue weighted by Gasteiger charge is -2.48. The average Bonchev–Trinajstić information content (AvgIpc) is 2.57. The van der Waals surface area contributed by atoms with E-state index in [1.54, 1.807) is 0 Å². The molecule has 2 unspecified atom stereocenters. The average molecular weight is 381 g/mol. The standard InChI is InChI=1S/C23H48N4/c1-17(2)26-13-12-24(14-21(26)7)19(5)10-11-20(6)25-15-22(8)27(18(3)4)23(9)16-25/h17-23H,10-16H2,1-9H3/t19?,20?,21-,22+,23+/m0/s1. The number of hydrogen-bond acceptors (Lipinski definition) is 4. The summed E-state index contributed by atoms with van der Waals surface area (Å²) in [6.45, 7) is 27.6. The van der Waals surface area contributed by atoms with Crippen molar-refractivity contribution in [3.63, 3.8) is 0 Å². The van der Waals surface area contributed by atoms with E-state index < -0.39 is 0 Å². The molecule has 0 aliphatic carbocycles. The van der Waals surface area contributed by atoms with Crippen molar-refractivity contribution in [3.05, 3.63) is 0 Å². The summed E-state index contributed by atoms with van der Waals surface area (Å²) < 4.78 is 0. The van der Waals surface area contributed by atoms with Crippen LogP contribution < -0.4 is 0 Å². The van der Waals surface area contributed by atoms with Crippen molar-refractivity contribution in [2.75, 3.05) is 32.7 Å². The Bertz CT molecular complexity index is 426. The highest BCUT2D eigenvalue weighted by atomic mass is 15.3. The third-order valence-corrected chi connectivity index (χ3v) is 7.23. The molecule has 2 heterocycles. The number of hydrogen-bond donors (Lipinski definition) is 0. The first-order valence-corrected chi connectivity index (χ1v) is 11.6. The molecule has 4 heteroatoms. The summed E-state index contributed by atoms with van der Waals surface area (Å²) in [5, 5.41) is 0. The van der Waals surface area contributed by atoms with Gasteiger partial charge in [0.25, 0.3) is 0 Å². The molecule has 0 aromatic carbocycles. The lowest BCUT2D eigenvalue weighted by Crippen LogP contribution is -2.60. The molecule has 0 N–H and O–H groups in total. The normalized spacial score (nSPS) is 32.3. The van der Waals surface area contributed by atoms with Crippen LogP contribution in [0.1, 0.15) is 75.2 Å². The minimum absolute atomic E-state index is 0.652. The molecule has 0 bridgehead atoms. The molecule has 2 aliphatic heterocycles. The van der Waals surface area contributed by atoms with Gasteiger partial charge in [-0.15, -0.1) is 0 Å². The van der Waals surface area contributed by atoms with Gasteiger partial charge < -0.3 is 0 Å². The first kappa shape index (κ1) is 23.1. The van der Waals surface area contributed by atoms with E-state index in [2.05, 4.69) is 81.9 Å². The molecule has 0 amide bonds. The summed E-state index contributed by atoms with van der Waals surface area (Å²) in [7, 11) is 0. The second-order valence-corrected chi connectivity index (χ2v) is 10.1. The molecule has 4 nitrogen and oxygen atoms in total. The van der Waals surface area contributed by atoms with E-state index in [4.69, 9.17) is 0 Å². The minimum atomic E-state index is 0.652. The van der Waals surface area contributed by atoms with Gasteiger partial charge in [0.1, 0.15) is 0 Å². The summed E-state index contributed by atoms with van der Waals surface area (Å²) in [4.78, 5) is 10.8. The van der Waals surface area contributed by atoms with Crippen LogP contribution in [0, 0.1) is 0 Å². The second-order valence-electron chi connectivity index (χ2n) is 10.1. The Morgan fingerprint density at radius 1 is 0.630 bits per heavy atom. The highest BCUT2D eigenvalue weighted by molar-refractivity contribution is 4.89. The molecule has 2 rings (SSSR count). The molecule has 27 heavy (non-hydrogen) atoms. The number of piperazine rings is 2. The maximum Gasteiger partial charge on any atom is 0.0201 e. The van der Waals surface area contributed by atoms with E-state index in [1.807, 2.05) is 0 Å². The topological polar surface area (TPSA) is 13.0 Å². The molecule has 0 radical (unpaired) electrons. The lowest BCUT2D eigenvalue weighted by molar-refractivity contribution is -0.00384. The molecule has 2 saturated heterocycles. The zero-order chi connectivity index (χ0) is 20.3. The van der Waals surface area contributed by atoms with Crippen LogP contribution in [-0.4, -0.2) is 94.6 Å². The molecule has 2 aliphatic rings. The van der Waals surface area contributed by atoms with E-state index in [0.717, 1.165) is 0 Å². The molecule has 0 aromatic rings. The first-order valence-electron chi connectivity index (χ1n) is 11.6. The zero-order valence-electron chi connectivity index (χ0n) is 19.8. The van der Waals surface area contributed by atoms with Crippen LogP contribution in [0.5, 0.6) is 0 Å². The van der Waals surface area contributed by atoms with Crippen molar-refractivity contribution < 1.29 is 0 Å². The highest BCUT2D eigenvalue weighted by Gasteiger charge is 2.33. The summed E-state index contributed by atoms with van der Waals surface area (Å²) >= 11 is 0. The fourth-order valence-electron chi connectivity index (χ4n) is 5.77. The van der Waals surface area contributed by atoms with Crippen LogP contribution in [0.25, 0.3) is 0 Å². The van der Waals surface area contributed by atoms with Crippen molar-refractivity contribution in [1.82, 2.24) is 19.6 Å². The van der Waals surface area contributed by atoms with Gasteiger partial charge in [-0.05, 0) is 75.2 Å². The second kappa shape index (κ2) is 10.0. The van der Waals surface area contributed by atoms with Crippen LogP contribution in [0.4, 0.5) is 0 Å². The van der Waals surface area contributed by atoms with Gasteiger partial charge in [-0.25, -0.2) is 0 Å². The molecule has 160 valence electrons. The SMILES string of the molecule is CC(CCC(C)N1CCN(C(C)C)[C@@H](C)C1)N1C[C@@H](C)N(C(C)C)[C@H](C)C1. The summed E-state index contributed by atoms with van der Waals surface area (Å²) in [6, 6.07) is 4.74. The van der Waals surface area contributed by atoms with E-state index in [-0.39, 0.29) is 0 Å². The van der Waals surface area contributed by atoms with Crippen LogP contribution in [-0.2, 0) is 0 Å². The Kier molecular flexibility index (Phi) is 8.60.